The van der Waals surface area contributed by atoms with Gasteiger partial charge in [-0.05, 0) is 25.6 Å². The molecular weight excluding hydrogens is 268 g/mol. The number of nitrogens with zero attached hydrogens (tertiary/aromatic N) is 1. The van der Waals surface area contributed by atoms with Gasteiger partial charge in [-0.25, -0.2) is 0 Å². The number of methoxy groups -OCH3 is 1. The summed E-state index contributed by atoms with van der Waals surface area (Å²) in [6, 6.07) is 7.82. The number of likely N-dealkylation sites (N-methyl/N-ethyl adjacent to an activating group) is 1. The molecule has 1 aromatic carbocycles. The average Bonchev–Trinajstić information content (AvgIpc) is 2.48. The molecule has 0 amide bonds. The SMILES string of the molecule is COCCN(C)CCNCC(O)COc1ccccc1C. The van der Waals surface area contributed by atoms with Crippen LogP contribution in [-0.2, 0) is 4.74 Å². The van der Waals surface area contributed by atoms with Gasteiger partial charge in [0.2, 0.25) is 0 Å². The fourth-order valence-corrected chi connectivity index (χ4v) is 1.86. The first kappa shape index (κ1) is 17.9. The van der Waals surface area contributed by atoms with Crippen molar-refractivity contribution in [2.24, 2.45) is 0 Å². The monoisotopic (exact) mass is 296 g/mol. The first-order valence-electron chi connectivity index (χ1n) is 7.38. The Morgan fingerprint density at radius 1 is 1.29 bits per heavy atom. The summed E-state index contributed by atoms with van der Waals surface area (Å²) in [6.07, 6.45) is -0.506. The van der Waals surface area contributed by atoms with Gasteiger partial charge in [-0.2, -0.15) is 0 Å². The largest absolute Gasteiger partial charge is 0.491 e. The molecule has 1 aromatic rings. The van der Waals surface area contributed by atoms with E-state index in [0.717, 1.165) is 37.6 Å². The molecule has 0 spiro atoms. The van der Waals surface area contributed by atoms with Gasteiger partial charge >= 0.3 is 0 Å². The molecule has 0 fully saturated rings. The van der Waals surface area contributed by atoms with Crippen molar-refractivity contribution in [3.05, 3.63) is 29.8 Å². The molecule has 0 aliphatic rings. The molecule has 2 N–H and O–H groups in total. The molecule has 0 aliphatic carbocycles. The molecule has 1 unspecified atom stereocenters. The van der Waals surface area contributed by atoms with Gasteiger partial charge in [-0.15, -0.1) is 0 Å². The van der Waals surface area contributed by atoms with Crippen LogP contribution in [0.25, 0.3) is 0 Å². The smallest absolute Gasteiger partial charge is 0.122 e. The highest BCUT2D eigenvalue weighted by Gasteiger charge is 2.06. The number of benzene rings is 1. The topological polar surface area (TPSA) is 54.0 Å². The van der Waals surface area contributed by atoms with Crippen LogP contribution in [0.4, 0.5) is 0 Å². The van der Waals surface area contributed by atoms with Gasteiger partial charge in [0.1, 0.15) is 18.5 Å². The minimum absolute atomic E-state index is 0.303. The number of nitrogens with one attached hydrogen (secondary N) is 1. The lowest BCUT2D eigenvalue weighted by Gasteiger charge is -2.18. The summed E-state index contributed by atoms with van der Waals surface area (Å²) in [7, 11) is 3.76. The van der Waals surface area contributed by atoms with Crippen molar-refractivity contribution in [2.75, 3.05) is 53.6 Å². The van der Waals surface area contributed by atoms with E-state index in [-0.39, 0.29) is 0 Å². The van der Waals surface area contributed by atoms with Gasteiger partial charge in [0.25, 0.3) is 0 Å². The third-order valence-corrected chi connectivity index (χ3v) is 3.25. The number of ether oxygens (including phenoxy) is 2. The molecule has 0 bridgehead atoms. The molecule has 0 aromatic heterocycles. The van der Waals surface area contributed by atoms with Crippen LogP contribution >= 0.6 is 0 Å². The molecule has 0 saturated heterocycles. The summed E-state index contributed by atoms with van der Waals surface area (Å²) in [6.45, 7) is 6.24. The van der Waals surface area contributed by atoms with Crippen molar-refractivity contribution in [3.63, 3.8) is 0 Å². The van der Waals surface area contributed by atoms with Crippen LogP contribution < -0.4 is 10.1 Å². The first-order chi connectivity index (χ1) is 10.1. The zero-order valence-electron chi connectivity index (χ0n) is 13.3. The Hall–Kier alpha value is -1.14. The summed E-state index contributed by atoms with van der Waals surface area (Å²) in [5.74, 6) is 0.829. The van der Waals surface area contributed by atoms with Gasteiger partial charge in [-0.1, -0.05) is 18.2 Å². The summed E-state index contributed by atoms with van der Waals surface area (Å²) in [5.41, 5.74) is 1.08. The predicted molar refractivity (Wildman–Crippen MR) is 84.9 cm³/mol. The Morgan fingerprint density at radius 2 is 2.05 bits per heavy atom. The number of aryl methyl sites for hydroxylation is 1. The number of rotatable bonds is 11. The van der Waals surface area contributed by atoms with Gasteiger partial charge in [0, 0.05) is 33.3 Å². The van der Waals surface area contributed by atoms with Crippen LogP contribution in [-0.4, -0.2) is 69.7 Å². The standard InChI is InChI=1S/C16H28N2O3/c1-14-6-4-5-7-16(14)21-13-15(19)12-17-8-9-18(2)10-11-20-3/h4-7,15,17,19H,8-13H2,1-3H3. The van der Waals surface area contributed by atoms with Gasteiger partial charge in [0.05, 0.1) is 6.61 Å². The predicted octanol–water partition coefficient (Wildman–Crippen LogP) is 0.903. The number of hydrogen-bond donors (Lipinski definition) is 2. The fourth-order valence-electron chi connectivity index (χ4n) is 1.86. The highest BCUT2D eigenvalue weighted by atomic mass is 16.5. The van der Waals surface area contributed by atoms with E-state index in [0.29, 0.717) is 13.2 Å². The number of hydrogen-bond acceptors (Lipinski definition) is 5. The van der Waals surface area contributed by atoms with Crippen LogP contribution in [0.1, 0.15) is 5.56 Å². The maximum absolute atomic E-state index is 9.89. The number of para-hydroxylation sites is 1. The minimum atomic E-state index is -0.506. The van der Waals surface area contributed by atoms with Crippen LogP contribution in [0.3, 0.4) is 0 Å². The zero-order chi connectivity index (χ0) is 15.5. The Kier molecular flexibility index (Phi) is 9.01. The molecule has 0 aliphatic heterocycles. The molecule has 5 nitrogen and oxygen atoms in total. The molecule has 1 atom stereocenters. The molecule has 0 heterocycles. The van der Waals surface area contributed by atoms with Crippen molar-refractivity contribution < 1.29 is 14.6 Å². The number of aliphatic hydroxyl groups is 1. The quantitative estimate of drug-likeness (QED) is 0.594. The van der Waals surface area contributed by atoms with Crippen LogP contribution in [0.2, 0.25) is 0 Å². The van der Waals surface area contributed by atoms with Crippen molar-refractivity contribution in [3.8, 4) is 5.75 Å². The van der Waals surface area contributed by atoms with E-state index >= 15 is 0 Å². The minimum Gasteiger partial charge on any atom is -0.491 e. The lowest BCUT2D eigenvalue weighted by Crippen LogP contribution is -2.36. The highest BCUT2D eigenvalue weighted by molar-refractivity contribution is 5.31. The van der Waals surface area contributed by atoms with E-state index in [1.165, 1.54) is 0 Å². The van der Waals surface area contributed by atoms with Crippen molar-refractivity contribution in [2.45, 2.75) is 13.0 Å². The zero-order valence-corrected chi connectivity index (χ0v) is 13.3. The summed E-state index contributed by atoms with van der Waals surface area (Å²) in [4.78, 5) is 2.19. The highest BCUT2D eigenvalue weighted by Crippen LogP contribution is 2.16. The molecule has 21 heavy (non-hydrogen) atoms. The molecule has 120 valence electrons. The number of aliphatic hydroxyl groups excluding tert-OH is 1. The molecule has 1 rings (SSSR count). The lowest BCUT2D eigenvalue weighted by molar-refractivity contribution is 0.105. The van der Waals surface area contributed by atoms with Gasteiger partial charge < -0.3 is 24.8 Å². The van der Waals surface area contributed by atoms with Gasteiger partial charge in [-0.3, -0.25) is 0 Å². The molecular formula is C16H28N2O3. The van der Waals surface area contributed by atoms with E-state index in [1.54, 1.807) is 7.11 Å². The third-order valence-electron chi connectivity index (χ3n) is 3.25. The van der Waals surface area contributed by atoms with Crippen LogP contribution in [0.5, 0.6) is 5.75 Å². The van der Waals surface area contributed by atoms with Crippen LogP contribution in [0.15, 0.2) is 24.3 Å². The Morgan fingerprint density at radius 3 is 2.76 bits per heavy atom. The second-order valence-electron chi connectivity index (χ2n) is 5.23. The lowest BCUT2D eigenvalue weighted by atomic mass is 10.2. The second-order valence-corrected chi connectivity index (χ2v) is 5.23. The van der Waals surface area contributed by atoms with E-state index in [1.807, 2.05) is 31.2 Å². The Balaban J connectivity index is 2.09. The van der Waals surface area contributed by atoms with Crippen molar-refractivity contribution >= 4 is 0 Å². The van der Waals surface area contributed by atoms with E-state index in [9.17, 15) is 5.11 Å². The van der Waals surface area contributed by atoms with E-state index in [4.69, 9.17) is 9.47 Å². The molecule has 0 radical (unpaired) electrons. The maximum atomic E-state index is 9.89. The third kappa shape index (κ3) is 8.02. The average molecular weight is 296 g/mol. The normalized spacial score (nSPS) is 12.6. The van der Waals surface area contributed by atoms with E-state index < -0.39 is 6.10 Å². The van der Waals surface area contributed by atoms with Gasteiger partial charge in [0.15, 0.2) is 0 Å². The Labute approximate surface area is 127 Å². The molecule has 5 heteroatoms. The molecule has 0 saturated carbocycles. The maximum Gasteiger partial charge on any atom is 0.122 e. The summed E-state index contributed by atoms with van der Waals surface area (Å²) >= 11 is 0. The summed E-state index contributed by atoms with van der Waals surface area (Å²) in [5, 5.41) is 13.1. The first-order valence-corrected chi connectivity index (χ1v) is 7.38. The van der Waals surface area contributed by atoms with Crippen molar-refractivity contribution in [1.29, 1.82) is 0 Å². The Bertz CT molecular complexity index is 388. The summed E-state index contributed by atoms with van der Waals surface area (Å²) < 4.78 is 10.6. The van der Waals surface area contributed by atoms with E-state index in [2.05, 4.69) is 17.3 Å². The fraction of sp³-hybridized carbons (Fsp3) is 0.625. The van der Waals surface area contributed by atoms with Crippen LogP contribution in [0, 0.1) is 6.92 Å². The second kappa shape index (κ2) is 10.6. The van der Waals surface area contributed by atoms with Crippen molar-refractivity contribution in [1.82, 2.24) is 10.2 Å².